The molecule has 0 aromatic heterocycles. The second-order valence-corrected chi connectivity index (χ2v) is 6.25. The number of anilines is 1. The lowest BCUT2D eigenvalue weighted by molar-refractivity contribution is -0.139. The maximum Gasteiger partial charge on any atom is 0.320 e. The van der Waals surface area contributed by atoms with E-state index in [0.717, 1.165) is 7.11 Å². The van der Waals surface area contributed by atoms with Gasteiger partial charge in [-0.3, -0.25) is 9.59 Å². The monoisotopic (exact) mass is 345 g/mol. The Balaban J connectivity index is 2.83. The van der Waals surface area contributed by atoms with Crippen LogP contribution in [0.25, 0.3) is 0 Å². The van der Waals surface area contributed by atoms with Crippen molar-refractivity contribution in [1.82, 2.24) is 4.72 Å². The van der Waals surface area contributed by atoms with E-state index in [2.05, 4.69) is 14.8 Å². The average molecular weight is 345 g/mol. The highest BCUT2D eigenvalue weighted by atomic mass is 32.2. The van der Waals surface area contributed by atoms with Gasteiger partial charge in [0.05, 0.1) is 18.6 Å². The van der Waals surface area contributed by atoms with Gasteiger partial charge in [-0.05, 0) is 18.2 Å². The van der Waals surface area contributed by atoms with Crippen molar-refractivity contribution in [3.8, 4) is 0 Å². The van der Waals surface area contributed by atoms with Crippen molar-refractivity contribution >= 4 is 27.6 Å². The van der Waals surface area contributed by atoms with E-state index in [0.29, 0.717) is 0 Å². The molecule has 1 rings (SSSR count). The second-order valence-electron chi connectivity index (χ2n) is 4.48. The smallest absolute Gasteiger partial charge is 0.320 e. The van der Waals surface area contributed by atoms with Gasteiger partial charge < -0.3 is 20.5 Å². The van der Waals surface area contributed by atoms with Crippen LogP contribution in [0.4, 0.5) is 5.69 Å². The molecule has 1 unspecified atom stereocenters. The third-order valence-corrected chi connectivity index (χ3v) is 4.13. The van der Waals surface area contributed by atoms with Gasteiger partial charge >= 0.3 is 5.97 Å². The number of carbonyl (C=O) groups excluding carboxylic acids is 2. The molecule has 0 aliphatic rings. The zero-order valence-corrected chi connectivity index (χ0v) is 13.6. The van der Waals surface area contributed by atoms with E-state index in [1.165, 1.54) is 31.4 Å². The van der Waals surface area contributed by atoms with E-state index in [-0.39, 0.29) is 17.2 Å². The summed E-state index contributed by atoms with van der Waals surface area (Å²) in [5.41, 5.74) is 5.83. The van der Waals surface area contributed by atoms with E-state index in [9.17, 15) is 18.0 Å². The Morgan fingerprint density at radius 1 is 1.30 bits per heavy atom. The van der Waals surface area contributed by atoms with Crippen LogP contribution in [0.3, 0.4) is 0 Å². The first-order valence-corrected chi connectivity index (χ1v) is 8.00. The van der Waals surface area contributed by atoms with Gasteiger partial charge in [0, 0.05) is 12.8 Å². The largest absolute Gasteiger partial charge is 0.468 e. The number of esters is 1. The maximum atomic E-state index is 12.1. The number of nitrogens with one attached hydrogen (secondary N) is 2. The molecule has 0 bridgehead atoms. The van der Waals surface area contributed by atoms with Gasteiger partial charge in [-0.1, -0.05) is 6.07 Å². The predicted molar refractivity (Wildman–Crippen MR) is 82.1 cm³/mol. The van der Waals surface area contributed by atoms with Gasteiger partial charge in [0.1, 0.15) is 12.6 Å². The Kier molecular flexibility index (Phi) is 7.10. The number of rotatable bonds is 8. The van der Waals surface area contributed by atoms with Crippen molar-refractivity contribution in [3.63, 3.8) is 0 Å². The molecule has 1 atom stereocenters. The van der Waals surface area contributed by atoms with Gasteiger partial charge in [-0.25, -0.2) is 8.42 Å². The van der Waals surface area contributed by atoms with Crippen LogP contribution in [0.2, 0.25) is 0 Å². The Morgan fingerprint density at radius 2 is 2.00 bits per heavy atom. The summed E-state index contributed by atoms with van der Waals surface area (Å²) >= 11 is 0. The minimum atomic E-state index is -3.91. The molecule has 23 heavy (non-hydrogen) atoms. The van der Waals surface area contributed by atoms with Crippen LogP contribution in [-0.2, 0) is 29.1 Å². The van der Waals surface area contributed by atoms with Crippen LogP contribution in [0.15, 0.2) is 29.2 Å². The van der Waals surface area contributed by atoms with Crippen molar-refractivity contribution in [2.24, 2.45) is 5.73 Å². The van der Waals surface area contributed by atoms with Gasteiger partial charge in [0.15, 0.2) is 0 Å². The Morgan fingerprint density at radius 3 is 2.61 bits per heavy atom. The number of amides is 1. The standard InChI is InChI=1S/C13H19N3O6S/c1-21-8-11(14)13(18)16-9-4-3-5-10(6-9)23(19,20)15-7-12(17)22-2/h3-6,11,15H,7-8,14H2,1-2H3,(H,16,18). The first kappa shape index (κ1) is 19.0. The molecule has 0 saturated heterocycles. The number of hydrogen-bond donors (Lipinski definition) is 3. The summed E-state index contributed by atoms with van der Waals surface area (Å²) in [4.78, 5) is 22.7. The first-order chi connectivity index (χ1) is 10.8. The highest BCUT2D eigenvalue weighted by molar-refractivity contribution is 7.89. The van der Waals surface area contributed by atoms with Crippen LogP contribution in [0, 0.1) is 0 Å². The molecule has 0 aliphatic carbocycles. The molecule has 0 radical (unpaired) electrons. The van der Waals surface area contributed by atoms with Crippen LogP contribution in [-0.4, -0.2) is 53.7 Å². The van der Waals surface area contributed by atoms with Gasteiger partial charge in [-0.15, -0.1) is 0 Å². The highest BCUT2D eigenvalue weighted by Crippen LogP contribution is 2.15. The molecule has 0 fully saturated rings. The summed E-state index contributed by atoms with van der Waals surface area (Å²) in [5, 5.41) is 2.49. The molecule has 0 spiro atoms. The first-order valence-electron chi connectivity index (χ1n) is 6.52. The fourth-order valence-electron chi connectivity index (χ4n) is 1.54. The summed E-state index contributed by atoms with van der Waals surface area (Å²) in [6.45, 7) is -0.460. The highest BCUT2D eigenvalue weighted by Gasteiger charge is 2.18. The van der Waals surface area contributed by atoms with Gasteiger partial charge in [-0.2, -0.15) is 4.72 Å². The predicted octanol–water partition coefficient (Wildman–Crippen LogP) is -0.950. The number of methoxy groups -OCH3 is 2. The van der Waals surface area contributed by atoms with Crippen LogP contribution < -0.4 is 15.8 Å². The number of ether oxygens (including phenoxy) is 2. The minimum Gasteiger partial charge on any atom is -0.468 e. The zero-order chi connectivity index (χ0) is 17.5. The van der Waals surface area contributed by atoms with Gasteiger partial charge in [0.2, 0.25) is 15.9 Å². The van der Waals surface area contributed by atoms with Crippen LogP contribution >= 0.6 is 0 Å². The van der Waals surface area contributed by atoms with Gasteiger partial charge in [0.25, 0.3) is 0 Å². The Bertz CT molecular complexity index is 661. The van der Waals surface area contributed by atoms with Crippen molar-refractivity contribution in [2.45, 2.75) is 10.9 Å². The fourth-order valence-corrected chi connectivity index (χ4v) is 2.56. The van der Waals surface area contributed by atoms with E-state index in [1.807, 2.05) is 0 Å². The molecule has 0 saturated carbocycles. The van der Waals surface area contributed by atoms with E-state index in [4.69, 9.17) is 10.5 Å². The molecule has 0 aliphatic heterocycles. The summed E-state index contributed by atoms with van der Waals surface area (Å²) in [5.74, 6) is -1.23. The quantitative estimate of drug-likeness (QED) is 0.517. The molecule has 128 valence electrons. The topological polar surface area (TPSA) is 137 Å². The third-order valence-electron chi connectivity index (χ3n) is 2.73. The lowest BCUT2D eigenvalue weighted by Crippen LogP contribution is -2.39. The second kappa shape index (κ2) is 8.58. The maximum absolute atomic E-state index is 12.1. The number of carbonyl (C=O) groups is 2. The third kappa shape index (κ3) is 5.94. The molecule has 0 heterocycles. The SMILES string of the molecule is COCC(N)C(=O)Nc1cccc(S(=O)(=O)NCC(=O)OC)c1. The van der Waals surface area contributed by atoms with Crippen molar-refractivity contribution in [2.75, 3.05) is 32.7 Å². The zero-order valence-electron chi connectivity index (χ0n) is 12.7. The van der Waals surface area contributed by atoms with Crippen molar-refractivity contribution < 1.29 is 27.5 Å². The molecule has 9 nitrogen and oxygen atoms in total. The molecule has 1 amide bonds. The van der Waals surface area contributed by atoms with Crippen molar-refractivity contribution in [3.05, 3.63) is 24.3 Å². The van der Waals surface area contributed by atoms with Crippen molar-refractivity contribution in [1.29, 1.82) is 0 Å². The van der Waals surface area contributed by atoms with E-state index >= 15 is 0 Å². The molecular formula is C13H19N3O6S. The Hall–Kier alpha value is -2.01. The average Bonchev–Trinajstić information content (AvgIpc) is 2.53. The Labute approximate surface area is 134 Å². The number of nitrogens with two attached hydrogens (primary N) is 1. The fraction of sp³-hybridized carbons (Fsp3) is 0.385. The summed E-state index contributed by atoms with van der Waals surface area (Å²) in [7, 11) is -1.35. The summed E-state index contributed by atoms with van der Waals surface area (Å²) in [6, 6.07) is 4.65. The summed E-state index contributed by atoms with van der Waals surface area (Å²) in [6.07, 6.45) is 0. The molecular weight excluding hydrogens is 326 g/mol. The molecule has 1 aromatic rings. The lowest BCUT2D eigenvalue weighted by Gasteiger charge is -2.12. The van der Waals surface area contributed by atoms with E-state index < -0.39 is 34.5 Å². The van der Waals surface area contributed by atoms with E-state index in [1.54, 1.807) is 0 Å². The molecule has 1 aromatic carbocycles. The van der Waals surface area contributed by atoms with Crippen LogP contribution in [0.5, 0.6) is 0 Å². The number of benzene rings is 1. The minimum absolute atomic E-state index is 0.0322. The van der Waals surface area contributed by atoms with Crippen LogP contribution in [0.1, 0.15) is 0 Å². The molecule has 4 N–H and O–H groups in total. The number of sulfonamides is 1. The molecule has 10 heteroatoms. The number of hydrogen-bond acceptors (Lipinski definition) is 7. The summed E-state index contributed by atoms with van der Waals surface area (Å²) < 4.78 is 35.3. The normalized spacial score (nSPS) is 12.5. The lowest BCUT2D eigenvalue weighted by atomic mass is 10.2.